The van der Waals surface area contributed by atoms with Crippen LogP contribution in [-0.2, 0) is 12.7 Å². The fourth-order valence-electron chi connectivity index (χ4n) is 3.49. The number of halogens is 5. The first kappa shape index (κ1) is 24.1. The zero-order chi connectivity index (χ0) is 25.2. The minimum Gasteiger partial charge on any atom is -0.302 e. The van der Waals surface area contributed by atoms with Gasteiger partial charge in [-0.3, -0.25) is 4.79 Å². The molecular formula is C26H15F5N2OS. The lowest BCUT2D eigenvalue weighted by atomic mass is 10.1. The summed E-state index contributed by atoms with van der Waals surface area (Å²) >= 11 is 1.10. The van der Waals surface area contributed by atoms with Crippen LogP contribution in [0.1, 0.15) is 27.8 Å². The number of alkyl halides is 3. The van der Waals surface area contributed by atoms with Crippen LogP contribution in [0.25, 0.3) is 22.7 Å². The highest BCUT2D eigenvalue weighted by molar-refractivity contribution is 7.13. The third kappa shape index (κ3) is 5.23. The van der Waals surface area contributed by atoms with Gasteiger partial charge in [0.1, 0.15) is 23.3 Å². The largest absolute Gasteiger partial charge is 0.417 e. The van der Waals surface area contributed by atoms with Crippen LogP contribution in [0.2, 0.25) is 0 Å². The fraction of sp³-hybridized carbons (Fsp3) is 0.0769. The first-order valence-electron chi connectivity index (χ1n) is 10.2. The van der Waals surface area contributed by atoms with E-state index in [1.165, 1.54) is 6.07 Å². The Labute approximate surface area is 200 Å². The third-order valence-corrected chi connectivity index (χ3v) is 6.17. The van der Waals surface area contributed by atoms with Crippen molar-refractivity contribution < 1.29 is 22.0 Å². The van der Waals surface area contributed by atoms with Crippen molar-refractivity contribution in [3.8, 4) is 16.6 Å². The maximum Gasteiger partial charge on any atom is 0.417 e. The predicted molar refractivity (Wildman–Crippen MR) is 125 cm³/mol. The van der Waals surface area contributed by atoms with Crippen LogP contribution in [0.15, 0.2) is 70.8 Å². The molecule has 35 heavy (non-hydrogen) atoms. The van der Waals surface area contributed by atoms with E-state index in [0.29, 0.717) is 16.5 Å². The summed E-state index contributed by atoms with van der Waals surface area (Å²) in [7, 11) is 0. The molecule has 0 fully saturated rings. The van der Waals surface area contributed by atoms with Gasteiger partial charge in [0.2, 0.25) is 0 Å². The topological polar surface area (TPSA) is 45.8 Å². The number of thiophene rings is 1. The quantitative estimate of drug-likeness (QED) is 0.279. The van der Waals surface area contributed by atoms with Crippen LogP contribution in [0.4, 0.5) is 22.0 Å². The minimum absolute atomic E-state index is 0.112. The smallest absolute Gasteiger partial charge is 0.302 e. The Hall–Kier alpha value is -4.03. The lowest BCUT2D eigenvalue weighted by Crippen LogP contribution is -2.28. The van der Waals surface area contributed by atoms with E-state index in [-0.39, 0.29) is 11.3 Å². The van der Waals surface area contributed by atoms with Gasteiger partial charge < -0.3 is 4.57 Å². The second-order valence-corrected chi connectivity index (χ2v) is 8.45. The van der Waals surface area contributed by atoms with Gasteiger partial charge >= 0.3 is 6.18 Å². The highest BCUT2D eigenvalue weighted by Gasteiger charge is 2.36. The Bertz CT molecular complexity index is 1510. The number of nitriles is 1. The van der Waals surface area contributed by atoms with E-state index in [0.717, 1.165) is 39.7 Å². The molecule has 2 aromatic heterocycles. The standard InChI is InChI=1S/C26H15F5N2OS/c27-19-9-8-18(22(28)11-19)14-33-23(12-21(26(29,30)31)20(13-32)25(33)34)24-10-17(15-35-24)7-6-16-4-2-1-3-5-16/h1-12,15H,14H2. The van der Waals surface area contributed by atoms with E-state index in [1.807, 2.05) is 36.4 Å². The van der Waals surface area contributed by atoms with Crippen molar-refractivity contribution in [1.82, 2.24) is 4.57 Å². The van der Waals surface area contributed by atoms with Gasteiger partial charge in [-0.1, -0.05) is 48.6 Å². The van der Waals surface area contributed by atoms with Gasteiger partial charge in [-0.2, -0.15) is 18.4 Å². The highest BCUT2D eigenvalue weighted by Crippen LogP contribution is 2.36. The molecule has 0 bridgehead atoms. The molecule has 0 atom stereocenters. The molecule has 0 radical (unpaired) electrons. The van der Waals surface area contributed by atoms with Crippen LogP contribution >= 0.6 is 11.3 Å². The molecule has 0 aliphatic carbocycles. The average molecular weight is 498 g/mol. The molecule has 0 aliphatic rings. The summed E-state index contributed by atoms with van der Waals surface area (Å²) in [6.07, 6.45) is -1.36. The molecule has 0 saturated heterocycles. The summed E-state index contributed by atoms with van der Waals surface area (Å²) in [6, 6.07) is 15.7. The van der Waals surface area contributed by atoms with E-state index in [2.05, 4.69) is 0 Å². The first-order chi connectivity index (χ1) is 16.7. The van der Waals surface area contributed by atoms with Crippen LogP contribution < -0.4 is 5.56 Å². The Morgan fingerprint density at radius 1 is 0.971 bits per heavy atom. The number of rotatable bonds is 5. The van der Waals surface area contributed by atoms with Gasteiger partial charge in [0.05, 0.1) is 22.7 Å². The Morgan fingerprint density at radius 3 is 2.34 bits per heavy atom. The maximum atomic E-state index is 14.3. The van der Waals surface area contributed by atoms with Crippen molar-refractivity contribution in [1.29, 1.82) is 5.26 Å². The normalized spacial score (nSPS) is 11.7. The van der Waals surface area contributed by atoms with E-state index < -0.39 is 41.0 Å². The lowest BCUT2D eigenvalue weighted by molar-refractivity contribution is -0.137. The van der Waals surface area contributed by atoms with Gasteiger partial charge in [-0.25, -0.2) is 8.78 Å². The van der Waals surface area contributed by atoms with Crippen molar-refractivity contribution in [2.75, 3.05) is 0 Å². The Morgan fingerprint density at radius 2 is 1.69 bits per heavy atom. The van der Waals surface area contributed by atoms with E-state index in [9.17, 15) is 32.0 Å². The second kappa shape index (κ2) is 9.68. The summed E-state index contributed by atoms with van der Waals surface area (Å²) in [4.78, 5) is 13.3. The third-order valence-electron chi connectivity index (χ3n) is 5.20. The van der Waals surface area contributed by atoms with Crippen molar-refractivity contribution in [3.63, 3.8) is 0 Å². The maximum absolute atomic E-state index is 14.3. The zero-order valence-electron chi connectivity index (χ0n) is 17.8. The summed E-state index contributed by atoms with van der Waals surface area (Å²) in [5.74, 6) is -1.80. The molecule has 4 aromatic rings. The molecule has 3 nitrogen and oxygen atoms in total. The Kier molecular flexibility index (Phi) is 6.67. The van der Waals surface area contributed by atoms with Gasteiger partial charge in [0.15, 0.2) is 0 Å². The SMILES string of the molecule is N#Cc1c(C(F)(F)F)cc(-c2cc(C=Cc3ccccc3)cs2)n(Cc2ccc(F)cc2F)c1=O. The first-order valence-corrected chi connectivity index (χ1v) is 11.1. The Balaban J connectivity index is 1.86. The van der Waals surface area contributed by atoms with Crippen LogP contribution in [0.5, 0.6) is 0 Å². The van der Waals surface area contributed by atoms with E-state index >= 15 is 0 Å². The number of pyridine rings is 1. The lowest BCUT2D eigenvalue weighted by Gasteiger charge is -2.17. The van der Waals surface area contributed by atoms with Crippen LogP contribution in [0, 0.1) is 23.0 Å². The summed E-state index contributed by atoms with van der Waals surface area (Å²) in [5.41, 5.74) is -2.32. The average Bonchev–Trinajstić information content (AvgIpc) is 3.29. The number of hydrogen-bond donors (Lipinski definition) is 0. The predicted octanol–water partition coefficient (Wildman–Crippen LogP) is 6.96. The molecule has 2 aromatic carbocycles. The van der Waals surface area contributed by atoms with Crippen molar-refractivity contribution in [3.05, 3.63) is 116 Å². The van der Waals surface area contributed by atoms with Gasteiger partial charge in [-0.05, 0) is 34.7 Å². The zero-order valence-corrected chi connectivity index (χ0v) is 18.6. The molecular weight excluding hydrogens is 483 g/mol. The van der Waals surface area contributed by atoms with Gasteiger partial charge in [-0.15, -0.1) is 11.3 Å². The molecule has 0 spiro atoms. The molecule has 0 unspecified atom stereocenters. The molecule has 0 N–H and O–H groups in total. The second-order valence-electron chi connectivity index (χ2n) is 7.54. The van der Waals surface area contributed by atoms with Gasteiger partial charge in [0.25, 0.3) is 5.56 Å². The number of nitrogens with zero attached hydrogens (tertiary/aromatic N) is 2. The molecule has 0 aliphatic heterocycles. The number of hydrogen-bond acceptors (Lipinski definition) is 3. The summed E-state index contributed by atoms with van der Waals surface area (Å²) in [6.45, 7) is -0.486. The van der Waals surface area contributed by atoms with E-state index in [1.54, 1.807) is 17.5 Å². The molecule has 2 heterocycles. The van der Waals surface area contributed by atoms with Gasteiger partial charge in [0, 0.05) is 11.6 Å². The monoisotopic (exact) mass is 498 g/mol. The van der Waals surface area contributed by atoms with Crippen LogP contribution in [-0.4, -0.2) is 4.57 Å². The molecule has 0 amide bonds. The molecule has 176 valence electrons. The summed E-state index contributed by atoms with van der Waals surface area (Å²) < 4.78 is 69.6. The molecule has 0 saturated carbocycles. The molecule has 4 rings (SSSR count). The van der Waals surface area contributed by atoms with E-state index in [4.69, 9.17) is 0 Å². The summed E-state index contributed by atoms with van der Waals surface area (Å²) in [5, 5.41) is 11.0. The van der Waals surface area contributed by atoms with Crippen molar-refractivity contribution >= 4 is 23.5 Å². The fourth-order valence-corrected chi connectivity index (χ4v) is 4.39. The van der Waals surface area contributed by atoms with Crippen molar-refractivity contribution in [2.24, 2.45) is 0 Å². The van der Waals surface area contributed by atoms with Crippen molar-refractivity contribution in [2.45, 2.75) is 12.7 Å². The number of aromatic nitrogens is 1. The number of benzene rings is 2. The molecule has 9 heteroatoms. The van der Waals surface area contributed by atoms with Crippen LogP contribution in [0.3, 0.4) is 0 Å². The highest BCUT2D eigenvalue weighted by atomic mass is 32.1. The minimum atomic E-state index is -4.95.